The van der Waals surface area contributed by atoms with Crippen molar-refractivity contribution in [2.45, 2.75) is 18.8 Å². The summed E-state index contributed by atoms with van der Waals surface area (Å²) < 4.78 is 35.2. The zero-order chi connectivity index (χ0) is 14.9. The second-order valence-corrected chi connectivity index (χ2v) is 5.20. The fraction of sp³-hybridized carbons (Fsp3) is 0.467. The van der Waals surface area contributed by atoms with Crippen molar-refractivity contribution in [2.24, 2.45) is 0 Å². The van der Waals surface area contributed by atoms with Crippen LogP contribution in [0.25, 0.3) is 0 Å². The molecule has 2 aliphatic rings. The first-order chi connectivity index (χ1) is 10.1. The van der Waals surface area contributed by atoms with E-state index in [-0.39, 0.29) is 29.9 Å². The number of nitrogens with one attached hydrogen (secondary N) is 1. The third kappa shape index (κ3) is 3.51. The summed E-state index contributed by atoms with van der Waals surface area (Å²) in [5.41, 5.74) is 0.942. The Kier molecular flexibility index (Phi) is 5.26. The van der Waals surface area contributed by atoms with Gasteiger partial charge in [-0.15, -0.1) is 27.8 Å². The van der Waals surface area contributed by atoms with Gasteiger partial charge in [-0.2, -0.15) is 0 Å². The van der Waals surface area contributed by atoms with Crippen molar-refractivity contribution in [2.75, 3.05) is 26.2 Å². The average Bonchev–Trinajstić information content (AvgIpc) is 2.78. The maximum atomic E-state index is 13.1. The molecule has 122 valence electrons. The SMILES string of the molecule is C=CC[C@@H](c1ccc2c(c1)OC(F)(F)O2)N1CCNCC1.Cl. The molecule has 1 saturated heterocycles. The number of alkyl halides is 2. The quantitative estimate of drug-likeness (QED) is 0.860. The molecule has 1 atom stereocenters. The summed E-state index contributed by atoms with van der Waals surface area (Å²) in [5, 5.41) is 3.30. The Bertz CT molecular complexity index is 536. The highest BCUT2D eigenvalue weighted by Gasteiger charge is 2.43. The normalized spacial score (nSPS) is 21.0. The van der Waals surface area contributed by atoms with E-state index in [2.05, 4.69) is 26.3 Å². The lowest BCUT2D eigenvalue weighted by Gasteiger charge is -2.34. The highest BCUT2D eigenvalue weighted by Crippen LogP contribution is 2.43. The fourth-order valence-corrected chi connectivity index (χ4v) is 2.82. The molecule has 22 heavy (non-hydrogen) atoms. The maximum absolute atomic E-state index is 13.1. The number of piperazine rings is 1. The van der Waals surface area contributed by atoms with Crippen LogP contribution in [0.5, 0.6) is 11.5 Å². The number of hydrogen-bond donors (Lipinski definition) is 1. The van der Waals surface area contributed by atoms with Gasteiger partial charge in [0.05, 0.1) is 0 Å². The Morgan fingerprint density at radius 3 is 2.64 bits per heavy atom. The summed E-state index contributed by atoms with van der Waals surface area (Å²) in [6, 6.07) is 5.13. The first kappa shape index (κ1) is 17.0. The van der Waals surface area contributed by atoms with Gasteiger partial charge in [-0.25, -0.2) is 0 Å². The predicted octanol–water partition coefficient (Wildman–Crippen LogP) is 2.95. The number of hydrogen-bond acceptors (Lipinski definition) is 4. The molecule has 0 saturated carbocycles. The van der Waals surface area contributed by atoms with E-state index in [0.717, 1.165) is 38.2 Å². The van der Waals surface area contributed by atoms with Gasteiger partial charge in [0.25, 0.3) is 0 Å². The van der Waals surface area contributed by atoms with Crippen molar-refractivity contribution >= 4 is 12.4 Å². The van der Waals surface area contributed by atoms with Gasteiger partial charge in [-0.1, -0.05) is 12.1 Å². The van der Waals surface area contributed by atoms with Gasteiger partial charge in [0.15, 0.2) is 11.5 Å². The number of rotatable bonds is 4. The lowest BCUT2D eigenvalue weighted by molar-refractivity contribution is -0.286. The highest BCUT2D eigenvalue weighted by atomic mass is 35.5. The average molecular weight is 333 g/mol. The molecular formula is C15H19ClF2N2O2. The van der Waals surface area contributed by atoms with Gasteiger partial charge in [-0.3, -0.25) is 4.90 Å². The Balaban J connectivity index is 0.00000176. The molecule has 0 radical (unpaired) electrons. The third-order valence-corrected chi connectivity index (χ3v) is 3.79. The van der Waals surface area contributed by atoms with Crippen molar-refractivity contribution in [1.29, 1.82) is 0 Å². The van der Waals surface area contributed by atoms with E-state index in [4.69, 9.17) is 0 Å². The third-order valence-electron chi connectivity index (χ3n) is 3.79. The van der Waals surface area contributed by atoms with Gasteiger partial charge in [0.1, 0.15) is 0 Å². The summed E-state index contributed by atoms with van der Waals surface area (Å²) in [7, 11) is 0. The second kappa shape index (κ2) is 6.81. The molecule has 1 aromatic rings. The van der Waals surface area contributed by atoms with Crippen LogP contribution in [-0.2, 0) is 0 Å². The Labute approximate surface area is 134 Å². The number of halogens is 3. The fourth-order valence-electron chi connectivity index (χ4n) is 2.82. The summed E-state index contributed by atoms with van der Waals surface area (Å²) in [5.74, 6) is 0.183. The summed E-state index contributed by atoms with van der Waals surface area (Å²) in [4.78, 5) is 2.33. The van der Waals surface area contributed by atoms with E-state index in [0.29, 0.717) is 0 Å². The number of fused-ring (bicyclic) bond motifs is 1. The van der Waals surface area contributed by atoms with Crippen LogP contribution in [0.2, 0.25) is 0 Å². The van der Waals surface area contributed by atoms with E-state index >= 15 is 0 Å². The minimum absolute atomic E-state index is 0. The molecule has 1 fully saturated rings. The standard InChI is InChI=1S/C15H18F2N2O2.ClH/c1-2-3-12(19-8-6-18-7-9-19)11-4-5-13-14(10-11)21-15(16,17)20-13;/h2,4-5,10,12,18H,1,3,6-9H2;1H/t12-;/m0./s1. The van der Waals surface area contributed by atoms with Crippen molar-refractivity contribution < 1.29 is 18.3 Å². The van der Waals surface area contributed by atoms with Crippen LogP contribution in [-0.4, -0.2) is 37.4 Å². The van der Waals surface area contributed by atoms with Crippen LogP contribution in [0.1, 0.15) is 18.0 Å². The van der Waals surface area contributed by atoms with E-state index in [1.54, 1.807) is 12.1 Å². The molecule has 0 amide bonds. The summed E-state index contributed by atoms with van der Waals surface area (Å²) in [6.07, 6.45) is -0.953. The molecule has 1 aromatic carbocycles. The molecule has 3 rings (SSSR count). The maximum Gasteiger partial charge on any atom is 0.586 e. The number of benzene rings is 1. The molecular weight excluding hydrogens is 314 g/mol. The van der Waals surface area contributed by atoms with Gasteiger partial charge in [0, 0.05) is 32.2 Å². The second-order valence-electron chi connectivity index (χ2n) is 5.20. The lowest BCUT2D eigenvalue weighted by Crippen LogP contribution is -2.45. The first-order valence-corrected chi connectivity index (χ1v) is 7.04. The zero-order valence-electron chi connectivity index (χ0n) is 12.1. The monoisotopic (exact) mass is 332 g/mol. The number of nitrogens with zero attached hydrogens (tertiary/aromatic N) is 1. The molecule has 2 heterocycles. The van der Waals surface area contributed by atoms with E-state index in [1.165, 1.54) is 0 Å². The van der Waals surface area contributed by atoms with Gasteiger partial charge < -0.3 is 14.8 Å². The largest absolute Gasteiger partial charge is 0.586 e. The minimum Gasteiger partial charge on any atom is -0.395 e. The molecule has 1 N–H and O–H groups in total. The van der Waals surface area contributed by atoms with Crippen molar-refractivity contribution in [3.63, 3.8) is 0 Å². The first-order valence-electron chi connectivity index (χ1n) is 7.04. The van der Waals surface area contributed by atoms with Crippen molar-refractivity contribution in [1.82, 2.24) is 10.2 Å². The van der Waals surface area contributed by atoms with Crippen molar-refractivity contribution in [3.8, 4) is 11.5 Å². The van der Waals surface area contributed by atoms with Crippen LogP contribution in [0.4, 0.5) is 8.78 Å². The smallest absolute Gasteiger partial charge is 0.395 e. The molecule has 4 nitrogen and oxygen atoms in total. The molecule has 0 aliphatic carbocycles. The molecule has 0 spiro atoms. The molecule has 0 aromatic heterocycles. The highest BCUT2D eigenvalue weighted by molar-refractivity contribution is 5.85. The lowest BCUT2D eigenvalue weighted by atomic mass is 10.0. The minimum atomic E-state index is -3.57. The topological polar surface area (TPSA) is 33.7 Å². The Morgan fingerprint density at radius 2 is 1.95 bits per heavy atom. The van der Waals surface area contributed by atoms with Gasteiger partial charge in [0.2, 0.25) is 0 Å². The Hall–Kier alpha value is -1.37. The van der Waals surface area contributed by atoms with Crippen LogP contribution >= 0.6 is 12.4 Å². The zero-order valence-corrected chi connectivity index (χ0v) is 12.9. The van der Waals surface area contributed by atoms with E-state index in [1.807, 2.05) is 12.1 Å². The summed E-state index contributed by atoms with van der Waals surface area (Å²) >= 11 is 0. The molecule has 2 aliphatic heterocycles. The summed E-state index contributed by atoms with van der Waals surface area (Å²) in [6.45, 7) is 7.49. The van der Waals surface area contributed by atoms with Gasteiger partial charge >= 0.3 is 6.29 Å². The number of ether oxygens (including phenoxy) is 2. The van der Waals surface area contributed by atoms with Gasteiger partial charge in [-0.05, 0) is 24.1 Å². The molecule has 7 heteroatoms. The van der Waals surface area contributed by atoms with Crippen molar-refractivity contribution in [3.05, 3.63) is 36.4 Å². The van der Waals surface area contributed by atoms with Crippen LogP contribution in [0, 0.1) is 0 Å². The molecule has 0 unspecified atom stereocenters. The van der Waals surface area contributed by atoms with Crippen LogP contribution in [0.3, 0.4) is 0 Å². The van der Waals surface area contributed by atoms with Crippen LogP contribution in [0.15, 0.2) is 30.9 Å². The molecule has 0 bridgehead atoms. The van der Waals surface area contributed by atoms with Crippen LogP contribution < -0.4 is 14.8 Å². The Morgan fingerprint density at radius 1 is 1.27 bits per heavy atom. The van der Waals surface area contributed by atoms with E-state index < -0.39 is 6.29 Å². The van der Waals surface area contributed by atoms with E-state index in [9.17, 15) is 8.78 Å². The predicted molar refractivity (Wildman–Crippen MR) is 81.9 cm³/mol.